The molecule has 2 aromatic carbocycles. The van der Waals surface area contributed by atoms with Gasteiger partial charge >= 0.3 is 0 Å². The average molecular weight is 362 g/mol. The van der Waals surface area contributed by atoms with Crippen LogP contribution in [0.1, 0.15) is 18.9 Å². The van der Waals surface area contributed by atoms with Gasteiger partial charge in [-0.1, -0.05) is 23.4 Å². The summed E-state index contributed by atoms with van der Waals surface area (Å²) in [4.78, 5) is 15.6. The van der Waals surface area contributed by atoms with Gasteiger partial charge in [0.05, 0.1) is 21.3 Å². The minimum Gasteiger partial charge on any atom is -0.391 e. The lowest BCUT2D eigenvalue weighted by atomic mass is 10.2. The molecular weight excluding hydrogens is 344 g/mol. The summed E-state index contributed by atoms with van der Waals surface area (Å²) in [5.74, 6) is -0.0484. The van der Waals surface area contributed by atoms with E-state index in [-0.39, 0.29) is 29.4 Å². The molecule has 0 heterocycles. The highest BCUT2D eigenvalue weighted by atomic mass is 32.2. The van der Waals surface area contributed by atoms with Crippen LogP contribution in [0.3, 0.4) is 0 Å². The molecule has 25 heavy (non-hydrogen) atoms. The minimum atomic E-state index is -3.35. The van der Waals surface area contributed by atoms with Crippen LogP contribution in [0.5, 0.6) is 0 Å². The van der Waals surface area contributed by atoms with Gasteiger partial charge in [-0.25, -0.2) is 8.42 Å². The Bertz CT molecular complexity index is 846. The van der Waals surface area contributed by atoms with Crippen molar-refractivity contribution in [2.75, 3.05) is 5.75 Å². The third-order valence-corrected chi connectivity index (χ3v) is 5.17. The molecule has 0 N–H and O–H groups in total. The molecule has 0 aliphatic carbocycles. The highest BCUT2D eigenvalue weighted by molar-refractivity contribution is 7.91. The van der Waals surface area contributed by atoms with Gasteiger partial charge in [0.1, 0.15) is 6.61 Å². The highest BCUT2D eigenvalue weighted by Gasteiger charge is 2.14. The quantitative estimate of drug-likeness (QED) is 0.407. The van der Waals surface area contributed by atoms with Crippen molar-refractivity contribution in [3.8, 4) is 0 Å². The zero-order chi connectivity index (χ0) is 18.3. The smallest absolute Gasteiger partial charge is 0.269 e. The molecular formula is C17H18N2O5S. The molecule has 0 atom stereocenters. The van der Waals surface area contributed by atoms with Crippen LogP contribution in [-0.4, -0.2) is 24.8 Å². The lowest BCUT2D eigenvalue weighted by molar-refractivity contribution is -0.384. The standard InChI is InChI=1S/C17H18N2O5S/c1-14(11-12-25(22,23)17-5-3-2-4-6-17)18-24-13-15-7-9-16(10-8-15)19(20)21/h2-10H,11-13H2,1H3/b18-14+. The lowest BCUT2D eigenvalue weighted by Crippen LogP contribution is -2.10. The summed E-state index contributed by atoms with van der Waals surface area (Å²) in [6, 6.07) is 14.2. The van der Waals surface area contributed by atoms with Crippen LogP contribution in [0, 0.1) is 10.1 Å². The van der Waals surface area contributed by atoms with E-state index in [1.807, 2.05) is 0 Å². The van der Waals surface area contributed by atoms with Gasteiger partial charge in [-0.2, -0.15) is 0 Å². The SMILES string of the molecule is C/C(CCS(=O)(=O)c1ccccc1)=N\OCc1ccc([N+](=O)[O-])cc1. The molecule has 7 nitrogen and oxygen atoms in total. The summed E-state index contributed by atoms with van der Waals surface area (Å²) in [7, 11) is -3.35. The van der Waals surface area contributed by atoms with Gasteiger partial charge in [-0.3, -0.25) is 10.1 Å². The number of oxime groups is 1. The van der Waals surface area contributed by atoms with E-state index in [2.05, 4.69) is 5.16 Å². The summed E-state index contributed by atoms with van der Waals surface area (Å²) >= 11 is 0. The number of nitro groups is 1. The van der Waals surface area contributed by atoms with Gasteiger partial charge in [0.25, 0.3) is 5.69 Å². The zero-order valence-corrected chi connectivity index (χ0v) is 14.5. The zero-order valence-electron chi connectivity index (χ0n) is 13.7. The number of nitrogens with zero attached hydrogens (tertiary/aromatic N) is 2. The Kier molecular flexibility index (Phi) is 6.24. The van der Waals surface area contributed by atoms with Gasteiger partial charge in [0.2, 0.25) is 0 Å². The van der Waals surface area contributed by atoms with Gasteiger partial charge < -0.3 is 4.84 Å². The monoisotopic (exact) mass is 362 g/mol. The first kappa shape index (κ1) is 18.6. The van der Waals surface area contributed by atoms with Crippen molar-refractivity contribution >= 4 is 21.2 Å². The maximum Gasteiger partial charge on any atom is 0.269 e. The van der Waals surface area contributed by atoms with E-state index in [0.29, 0.717) is 5.71 Å². The summed E-state index contributed by atoms with van der Waals surface area (Å²) in [5, 5.41) is 14.5. The molecule has 132 valence electrons. The highest BCUT2D eigenvalue weighted by Crippen LogP contribution is 2.13. The lowest BCUT2D eigenvalue weighted by Gasteiger charge is -2.05. The molecule has 8 heteroatoms. The molecule has 2 aromatic rings. The molecule has 0 aliphatic rings. The molecule has 0 fully saturated rings. The number of sulfone groups is 1. The van der Waals surface area contributed by atoms with E-state index < -0.39 is 14.8 Å². The Morgan fingerprint density at radius 1 is 1.12 bits per heavy atom. The topological polar surface area (TPSA) is 98.9 Å². The van der Waals surface area contributed by atoms with E-state index in [1.165, 1.54) is 12.1 Å². The second-order valence-corrected chi connectivity index (χ2v) is 7.51. The van der Waals surface area contributed by atoms with Crippen molar-refractivity contribution in [2.45, 2.75) is 24.8 Å². The number of rotatable bonds is 8. The third kappa shape index (κ3) is 5.68. The molecule has 0 saturated carbocycles. The van der Waals surface area contributed by atoms with E-state index >= 15 is 0 Å². The van der Waals surface area contributed by atoms with Crippen LogP contribution in [0.4, 0.5) is 5.69 Å². The van der Waals surface area contributed by atoms with Crippen molar-refractivity contribution in [2.24, 2.45) is 5.16 Å². The van der Waals surface area contributed by atoms with E-state index in [0.717, 1.165) is 5.56 Å². The molecule has 0 unspecified atom stereocenters. The first-order valence-electron chi connectivity index (χ1n) is 7.55. The molecule has 0 spiro atoms. The van der Waals surface area contributed by atoms with Crippen LogP contribution in [0.25, 0.3) is 0 Å². The Balaban J connectivity index is 1.84. The molecule has 0 radical (unpaired) electrons. The van der Waals surface area contributed by atoms with Crippen molar-refractivity contribution in [1.82, 2.24) is 0 Å². The van der Waals surface area contributed by atoms with E-state index in [9.17, 15) is 18.5 Å². The molecule has 0 aromatic heterocycles. The second kappa shape index (κ2) is 8.39. The molecule has 0 amide bonds. The van der Waals surface area contributed by atoms with Gasteiger partial charge in [-0.15, -0.1) is 0 Å². The summed E-state index contributed by atoms with van der Waals surface area (Å²) in [6.45, 7) is 1.84. The Morgan fingerprint density at radius 3 is 2.36 bits per heavy atom. The third-order valence-electron chi connectivity index (χ3n) is 3.43. The van der Waals surface area contributed by atoms with Gasteiger partial charge in [0, 0.05) is 18.6 Å². The summed E-state index contributed by atoms with van der Waals surface area (Å²) < 4.78 is 24.3. The van der Waals surface area contributed by atoms with Gasteiger partial charge in [-0.05, 0) is 36.8 Å². The fourth-order valence-electron chi connectivity index (χ4n) is 2.00. The van der Waals surface area contributed by atoms with E-state index in [4.69, 9.17) is 4.84 Å². The van der Waals surface area contributed by atoms with Crippen LogP contribution >= 0.6 is 0 Å². The van der Waals surface area contributed by atoms with Crippen LogP contribution < -0.4 is 0 Å². The van der Waals surface area contributed by atoms with Crippen molar-refractivity contribution in [3.63, 3.8) is 0 Å². The van der Waals surface area contributed by atoms with Gasteiger partial charge in [0.15, 0.2) is 9.84 Å². The van der Waals surface area contributed by atoms with Crippen molar-refractivity contribution < 1.29 is 18.2 Å². The predicted molar refractivity (Wildman–Crippen MR) is 94.1 cm³/mol. The number of nitro benzene ring substituents is 1. The van der Waals surface area contributed by atoms with Crippen molar-refractivity contribution in [3.05, 3.63) is 70.3 Å². The first-order valence-corrected chi connectivity index (χ1v) is 9.20. The Morgan fingerprint density at radius 2 is 1.76 bits per heavy atom. The number of hydrogen-bond acceptors (Lipinski definition) is 6. The largest absolute Gasteiger partial charge is 0.391 e. The first-order chi connectivity index (χ1) is 11.9. The number of non-ortho nitro benzene ring substituents is 1. The van der Waals surface area contributed by atoms with Crippen molar-refractivity contribution in [1.29, 1.82) is 0 Å². The maximum absolute atomic E-state index is 12.2. The van der Waals surface area contributed by atoms with E-state index in [1.54, 1.807) is 49.4 Å². The maximum atomic E-state index is 12.2. The summed E-state index contributed by atoms with van der Waals surface area (Å²) in [6.07, 6.45) is 0.261. The normalized spacial score (nSPS) is 12.0. The van der Waals surface area contributed by atoms with Crippen LogP contribution in [0.15, 0.2) is 64.6 Å². The summed E-state index contributed by atoms with van der Waals surface area (Å²) in [5.41, 5.74) is 1.30. The Labute approximate surface area is 146 Å². The molecule has 0 bridgehead atoms. The second-order valence-electron chi connectivity index (χ2n) is 5.41. The van der Waals surface area contributed by atoms with Crippen LogP contribution in [-0.2, 0) is 21.3 Å². The predicted octanol–water partition coefficient (Wildman–Crippen LogP) is 3.35. The number of benzene rings is 2. The van der Waals surface area contributed by atoms with Crippen LogP contribution in [0.2, 0.25) is 0 Å². The fraction of sp³-hybridized carbons (Fsp3) is 0.235. The molecule has 0 saturated heterocycles. The Hall–Kier alpha value is -2.74. The molecule has 2 rings (SSSR count). The fourth-order valence-corrected chi connectivity index (χ4v) is 3.38. The number of hydrogen-bond donors (Lipinski definition) is 0. The average Bonchev–Trinajstić information content (AvgIpc) is 2.61. The molecule has 0 aliphatic heterocycles. The minimum absolute atomic E-state index is 0.00884.